The Hall–Kier alpha value is -1.57. The van der Waals surface area contributed by atoms with Crippen LogP contribution in [0.25, 0.3) is 0 Å². The molecule has 2 nitrogen and oxygen atoms in total. The zero-order chi connectivity index (χ0) is 16.4. The first-order valence-corrected chi connectivity index (χ1v) is 8.58. The highest BCUT2D eigenvalue weighted by Crippen LogP contribution is 2.22. The normalized spacial score (nSPS) is 11.9. The minimum absolute atomic E-state index is 0.289. The molecule has 1 N–H and O–H groups in total. The summed E-state index contributed by atoms with van der Waals surface area (Å²) in [5.74, 6) is 1.14. The molecule has 0 aromatic heterocycles. The number of phenols is 1. The van der Waals surface area contributed by atoms with E-state index < -0.39 is 0 Å². The topological polar surface area (TPSA) is 37.3 Å². The highest BCUT2D eigenvalue weighted by atomic mass is 16.3. The zero-order valence-electron chi connectivity index (χ0n) is 14.3. The second-order valence-electron chi connectivity index (χ2n) is 6.08. The molecule has 1 rings (SSSR count). The van der Waals surface area contributed by atoms with Gasteiger partial charge in [-0.1, -0.05) is 57.4 Å². The van der Waals surface area contributed by atoms with Gasteiger partial charge in [0.1, 0.15) is 11.5 Å². The fraction of sp³-hybridized carbons (Fsp3) is 0.550. The Morgan fingerprint density at radius 1 is 1.18 bits per heavy atom. The van der Waals surface area contributed by atoms with Crippen molar-refractivity contribution in [3.05, 3.63) is 41.5 Å². The maximum absolute atomic E-state index is 11.9. The van der Waals surface area contributed by atoms with E-state index in [1.54, 1.807) is 12.1 Å². The van der Waals surface area contributed by atoms with Gasteiger partial charge in [-0.3, -0.25) is 4.79 Å². The van der Waals surface area contributed by atoms with E-state index in [-0.39, 0.29) is 11.5 Å². The van der Waals surface area contributed by atoms with Crippen LogP contribution in [-0.4, -0.2) is 10.9 Å². The quantitative estimate of drug-likeness (QED) is 0.584. The number of carbonyl (C=O) groups is 1. The molecule has 0 aliphatic rings. The molecule has 0 aliphatic heterocycles. The summed E-state index contributed by atoms with van der Waals surface area (Å²) in [6.45, 7) is 6.34. The van der Waals surface area contributed by atoms with E-state index in [0.29, 0.717) is 18.8 Å². The minimum atomic E-state index is 0.289. The molecule has 1 aromatic carbocycles. The van der Waals surface area contributed by atoms with Gasteiger partial charge in [0.25, 0.3) is 0 Å². The number of rotatable bonds is 10. The van der Waals surface area contributed by atoms with Crippen molar-refractivity contribution in [1.82, 2.24) is 0 Å². The van der Waals surface area contributed by atoms with Crippen LogP contribution in [0.4, 0.5) is 0 Å². The second kappa shape index (κ2) is 10.2. The molecule has 0 bridgehead atoms. The lowest BCUT2D eigenvalue weighted by molar-refractivity contribution is -0.118. The van der Waals surface area contributed by atoms with Crippen molar-refractivity contribution in [3.63, 3.8) is 0 Å². The van der Waals surface area contributed by atoms with Gasteiger partial charge < -0.3 is 5.11 Å². The predicted molar refractivity (Wildman–Crippen MR) is 93.1 cm³/mol. The Bertz CT molecular complexity index is 482. The van der Waals surface area contributed by atoms with Crippen molar-refractivity contribution in [3.8, 4) is 5.75 Å². The predicted octanol–water partition coefficient (Wildman–Crippen LogP) is 5.45. The van der Waals surface area contributed by atoms with E-state index in [1.807, 2.05) is 19.1 Å². The SMILES string of the molecule is CCCC(/C=C(/CC(=O)CC)Cc1cccc(O)c1)CCC. The zero-order valence-corrected chi connectivity index (χ0v) is 14.3. The molecule has 0 amide bonds. The molecular formula is C20H30O2. The molecule has 2 heteroatoms. The maximum Gasteiger partial charge on any atom is 0.136 e. The first-order chi connectivity index (χ1) is 10.6. The van der Waals surface area contributed by atoms with Gasteiger partial charge in [0.15, 0.2) is 0 Å². The van der Waals surface area contributed by atoms with Gasteiger partial charge in [0, 0.05) is 12.8 Å². The third-order valence-corrected chi connectivity index (χ3v) is 3.95. The average molecular weight is 302 g/mol. The number of aromatic hydroxyl groups is 1. The fourth-order valence-corrected chi connectivity index (χ4v) is 2.87. The molecule has 22 heavy (non-hydrogen) atoms. The van der Waals surface area contributed by atoms with Gasteiger partial charge in [-0.25, -0.2) is 0 Å². The Morgan fingerprint density at radius 2 is 1.86 bits per heavy atom. The molecule has 1 aromatic rings. The largest absolute Gasteiger partial charge is 0.508 e. The molecule has 0 spiro atoms. The van der Waals surface area contributed by atoms with Gasteiger partial charge in [-0.2, -0.15) is 0 Å². The van der Waals surface area contributed by atoms with Crippen molar-refractivity contribution < 1.29 is 9.90 Å². The van der Waals surface area contributed by atoms with Crippen LogP contribution in [0.1, 0.15) is 64.9 Å². The number of phenolic OH excluding ortho intramolecular Hbond substituents is 1. The molecule has 0 heterocycles. The van der Waals surface area contributed by atoms with Crippen molar-refractivity contribution in [2.45, 2.75) is 65.7 Å². The van der Waals surface area contributed by atoms with Crippen LogP contribution in [0.2, 0.25) is 0 Å². The van der Waals surface area contributed by atoms with E-state index >= 15 is 0 Å². The van der Waals surface area contributed by atoms with E-state index in [1.165, 1.54) is 31.3 Å². The summed E-state index contributed by atoms with van der Waals surface area (Å²) in [7, 11) is 0. The van der Waals surface area contributed by atoms with Crippen molar-refractivity contribution in [2.24, 2.45) is 5.92 Å². The number of benzene rings is 1. The number of hydrogen-bond acceptors (Lipinski definition) is 2. The highest BCUT2D eigenvalue weighted by molar-refractivity contribution is 5.80. The standard InChI is InChI=1S/C20H30O2/c1-4-8-16(9-5-2)12-18(15-19(21)6-3)13-17-10-7-11-20(22)14-17/h7,10-12,14,16,22H,4-6,8-9,13,15H2,1-3H3/b18-12+. The Balaban J connectivity index is 2.92. The maximum atomic E-state index is 11.9. The molecule has 0 unspecified atom stereocenters. The van der Waals surface area contributed by atoms with Gasteiger partial charge >= 0.3 is 0 Å². The summed E-state index contributed by atoms with van der Waals surface area (Å²) < 4.78 is 0. The molecule has 122 valence electrons. The van der Waals surface area contributed by atoms with Crippen LogP contribution in [0.5, 0.6) is 5.75 Å². The highest BCUT2D eigenvalue weighted by Gasteiger charge is 2.10. The van der Waals surface area contributed by atoms with E-state index in [9.17, 15) is 9.90 Å². The smallest absolute Gasteiger partial charge is 0.136 e. The molecule has 0 saturated carbocycles. The van der Waals surface area contributed by atoms with Crippen molar-refractivity contribution >= 4 is 5.78 Å². The van der Waals surface area contributed by atoms with Crippen LogP contribution in [0, 0.1) is 5.92 Å². The second-order valence-corrected chi connectivity index (χ2v) is 6.08. The van der Waals surface area contributed by atoms with Gasteiger partial charge in [-0.15, -0.1) is 0 Å². The Kier molecular flexibility index (Phi) is 8.57. The molecule has 0 aliphatic carbocycles. The van der Waals surface area contributed by atoms with Crippen molar-refractivity contribution in [2.75, 3.05) is 0 Å². The number of carbonyl (C=O) groups excluding carboxylic acids is 1. The molecular weight excluding hydrogens is 272 g/mol. The summed E-state index contributed by atoms with van der Waals surface area (Å²) in [6.07, 6.45) is 8.90. The molecule has 0 saturated heterocycles. The van der Waals surface area contributed by atoms with Crippen LogP contribution < -0.4 is 0 Å². The summed E-state index contributed by atoms with van der Waals surface area (Å²) in [5.41, 5.74) is 2.27. The van der Waals surface area contributed by atoms with Crippen LogP contribution in [0.15, 0.2) is 35.9 Å². The van der Waals surface area contributed by atoms with Crippen LogP contribution in [0.3, 0.4) is 0 Å². The average Bonchev–Trinajstić information content (AvgIpc) is 2.47. The third-order valence-electron chi connectivity index (χ3n) is 3.95. The fourth-order valence-electron chi connectivity index (χ4n) is 2.87. The third kappa shape index (κ3) is 6.93. The van der Waals surface area contributed by atoms with E-state index in [0.717, 1.165) is 12.0 Å². The van der Waals surface area contributed by atoms with Crippen molar-refractivity contribution in [1.29, 1.82) is 0 Å². The first kappa shape index (κ1) is 18.5. The molecule has 0 atom stereocenters. The summed E-state index contributed by atoms with van der Waals surface area (Å²) in [6, 6.07) is 7.35. The van der Waals surface area contributed by atoms with Crippen LogP contribution >= 0.6 is 0 Å². The minimum Gasteiger partial charge on any atom is -0.508 e. The van der Waals surface area contributed by atoms with E-state index in [4.69, 9.17) is 0 Å². The Labute approximate surface area is 135 Å². The number of allylic oxidation sites excluding steroid dienone is 2. The number of Topliss-reactive ketones (excluding diaryl/α,β-unsaturated/α-hetero) is 1. The summed E-state index contributed by atoms with van der Waals surface area (Å²) >= 11 is 0. The summed E-state index contributed by atoms with van der Waals surface area (Å²) in [4.78, 5) is 11.9. The Morgan fingerprint density at radius 3 is 2.41 bits per heavy atom. The summed E-state index contributed by atoms with van der Waals surface area (Å²) in [5, 5.41) is 9.62. The van der Waals surface area contributed by atoms with Gasteiger partial charge in [0.2, 0.25) is 0 Å². The lowest BCUT2D eigenvalue weighted by Gasteiger charge is -2.14. The lowest BCUT2D eigenvalue weighted by Crippen LogP contribution is -2.04. The number of ketones is 1. The monoisotopic (exact) mass is 302 g/mol. The van der Waals surface area contributed by atoms with E-state index in [2.05, 4.69) is 19.9 Å². The molecule has 0 radical (unpaired) electrons. The van der Waals surface area contributed by atoms with Gasteiger partial charge in [0.05, 0.1) is 0 Å². The van der Waals surface area contributed by atoms with Crippen LogP contribution in [-0.2, 0) is 11.2 Å². The number of hydrogen-bond donors (Lipinski definition) is 1. The van der Waals surface area contributed by atoms with Gasteiger partial charge in [-0.05, 0) is 42.9 Å². The lowest BCUT2D eigenvalue weighted by atomic mass is 9.91. The molecule has 0 fully saturated rings. The first-order valence-electron chi connectivity index (χ1n) is 8.58.